The highest BCUT2D eigenvalue weighted by molar-refractivity contribution is 7.99. The van der Waals surface area contributed by atoms with Crippen molar-refractivity contribution >= 4 is 17.7 Å². The fourth-order valence-electron chi connectivity index (χ4n) is 2.59. The third-order valence-electron chi connectivity index (χ3n) is 4.04. The summed E-state index contributed by atoms with van der Waals surface area (Å²) in [6.45, 7) is 4.45. The Kier molecular flexibility index (Phi) is 5.23. The molecule has 2 N–H and O–H groups in total. The number of rotatable bonds is 4. The molecule has 5 nitrogen and oxygen atoms in total. The van der Waals surface area contributed by atoms with Crippen molar-refractivity contribution in [2.75, 3.05) is 5.75 Å². The van der Waals surface area contributed by atoms with E-state index in [1.165, 1.54) is 36.9 Å². The van der Waals surface area contributed by atoms with E-state index >= 15 is 0 Å². The minimum atomic E-state index is -0.197. The van der Waals surface area contributed by atoms with Gasteiger partial charge in [0, 0.05) is 18.3 Å². The minimum Gasteiger partial charge on any atom is -0.352 e. The molecule has 6 heteroatoms. The topological polar surface area (TPSA) is 74.8 Å². The van der Waals surface area contributed by atoms with Crippen molar-refractivity contribution in [1.29, 1.82) is 0 Å². The molecule has 20 heavy (non-hydrogen) atoms. The average molecular weight is 295 g/mol. The summed E-state index contributed by atoms with van der Waals surface area (Å²) in [5, 5.41) is 3.59. The third kappa shape index (κ3) is 4.10. The first-order valence-electron chi connectivity index (χ1n) is 7.03. The lowest BCUT2D eigenvalue weighted by Gasteiger charge is -2.34. The molecule has 1 aromatic rings. The van der Waals surface area contributed by atoms with E-state index in [0.29, 0.717) is 17.0 Å². The molecule has 1 fully saturated rings. The standard InChI is InChI=1S/C14H21N3O2S/c1-9-4-3-5-11(10(9)2)16-13(19)8-20-14-15-7-6-12(18)17-14/h6-7,9-11H,3-5,8H2,1-2H3,(H,16,19)(H,15,17,18)/t9-,10+,11+/m0/s1. The van der Waals surface area contributed by atoms with Gasteiger partial charge in [-0.25, -0.2) is 4.98 Å². The van der Waals surface area contributed by atoms with Crippen LogP contribution >= 0.6 is 11.8 Å². The number of hydrogen-bond acceptors (Lipinski definition) is 4. The van der Waals surface area contributed by atoms with Gasteiger partial charge in [-0.3, -0.25) is 9.59 Å². The second-order valence-corrected chi connectivity index (χ2v) is 6.43. The number of amides is 1. The monoisotopic (exact) mass is 295 g/mol. The third-order valence-corrected chi connectivity index (χ3v) is 4.93. The van der Waals surface area contributed by atoms with Crippen LogP contribution in [0.25, 0.3) is 0 Å². The Morgan fingerprint density at radius 1 is 1.50 bits per heavy atom. The maximum absolute atomic E-state index is 12.0. The SMILES string of the molecule is C[C@@H]1[C@@H](C)CCC[C@H]1NC(=O)CSc1nccc(=O)[nH]1. The van der Waals surface area contributed by atoms with Gasteiger partial charge in [0.2, 0.25) is 5.91 Å². The molecular weight excluding hydrogens is 274 g/mol. The molecule has 2 rings (SSSR count). The van der Waals surface area contributed by atoms with Crippen LogP contribution in [0.5, 0.6) is 0 Å². The molecule has 1 aliphatic rings. The first-order valence-corrected chi connectivity index (χ1v) is 8.02. The van der Waals surface area contributed by atoms with Gasteiger partial charge < -0.3 is 10.3 Å². The lowest BCUT2D eigenvalue weighted by atomic mass is 9.78. The molecule has 0 aromatic carbocycles. The summed E-state index contributed by atoms with van der Waals surface area (Å²) >= 11 is 1.25. The van der Waals surface area contributed by atoms with Crippen LogP contribution in [0, 0.1) is 11.8 Å². The predicted molar refractivity (Wildman–Crippen MR) is 79.7 cm³/mol. The molecule has 1 aliphatic carbocycles. The maximum Gasteiger partial charge on any atom is 0.251 e. The van der Waals surface area contributed by atoms with E-state index in [1.54, 1.807) is 0 Å². The van der Waals surface area contributed by atoms with Gasteiger partial charge in [-0.15, -0.1) is 0 Å². The number of carbonyl (C=O) groups is 1. The normalized spacial score (nSPS) is 26.2. The molecule has 3 atom stereocenters. The van der Waals surface area contributed by atoms with Crippen molar-refractivity contribution in [1.82, 2.24) is 15.3 Å². The molecule has 1 heterocycles. The Morgan fingerprint density at radius 2 is 2.30 bits per heavy atom. The molecule has 0 unspecified atom stereocenters. The summed E-state index contributed by atoms with van der Waals surface area (Å²) in [5.74, 6) is 1.47. The summed E-state index contributed by atoms with van der Waals surface area (Å²) in [6.07, 6.45) is 4.93. The number of nitrogens with zero attached hydrogens (tertiary/aromatic N) is 1. The smallest absolute Gasteiger partial charge is 0.251 e. The summed E-state index contributed by atoms with van der Waals surface area (Å²) in [6, 6.07) is 1.63. The van der Waals surface area contributed by atoms with Crippen LogP contribution in [-0.4, -0.2) is 27.7 Å². The highest BCUT2D eigenvalue weighted by atomic mass is 32.2. The zero-order valence-corrected chi connectivity index (χ0v) is 12.7. The fourth-order valence-corrected chi connectivity index (χ4v) is 3.25. The van der Waals surface area contributed by atoms with Crippen LogP contribution < -0.4 is 10.9 Å². The Labute approximate surface area is 123 Å². The Morgan fingerprint density at radius 3 is 3.05 bits per heavy atom. The fraction of sp³-hybridized carbons (Fsp3) is 0.643. The van der Waals surface area contributed by atoms with Crippen LogP contribution in [0.2, 0.25) is 0 Å². The number of aromatic amines is 1. The summed E-state index contributed by atoms with van der Waals surface area (Å²) in [7, 11) is 0. The largest absolute Gasteiger partial charge is 0.352 e. The van der Waals surface area contributed by atoms with Crippen LogP contribution in [-0.2, 0) is 4.79 Å². The van der Waals surface area contributed by atoms with Gasteiger partial charge >= 0.3 is 0 Å². The van der Waals surface area contributed by atoms with Gasteiger partial charge in [-0.2, -0.15) is 0 Å². The summed E-state index contributed by atoms with van der Waals surface area (Å²) < 4.78 is 0. The van der Waals surface area contributed by atoms with E-state index in [1.807, 2.05) is 0 Å². The first kappa shape index (κ1) is 15.1. The molecule has 1 saturated carbocycles. The van der Waals surface area contributed by atoms with Gasteiger partial charge in [-0.1, -0.05) is 38.5 Å². The lowest BCUT2D eigenvalue weighted by Crippen LogP contribution is -2.44. The van der Waals surface area contributed by atoms with E-state index in [2.05, 4.69) is 29.1 Å². The zero-order chi connectivity index (χ0) is 14.5. The van der Waals surface area contributed by atoms with E-state index in [-0.39, 0.29) is 23.3 Å². The van der Waals surface area contributed by atoms with Crippen LogP contribution in [0.3, 0.4) is 0 Å². The second kappa shape index (κ2) is 6.92. The van der Waals surface area contributed by atoms with Gasteiger partial charge in [0.1, 0.15) is 0 Å². The number of thioether (sulfide) groups is 1. The first-order chi connectivity index (χ1) is 9.56. The molecule has 0 aliphatic heterocycles. The van der Waals surface area contributed by atoms with Gasteiger partial charge in [0.15, 0.2) is 5.16 Å². The van der Waals surface area contributed by atoms with Crippen LogP contribution in [0.1, 0.15) is 33.1 Å². The lowest BCUT2D eigenvalue weighted by molar-refractivity contribution is -0.120. The molecule has 0 radical (unpaired) electrons. The number of hydrogen-bond donors (Lipinski definition) is 2. The summed E-state index contributed by atoms with van der Waals surface area (Å²) in [4.78, 5) is 29.7. The Hall–Kier alpha value is -1.30. The zero-order valence-electron chi connectivity index (χ0n) is 11.9. The van der Waals surface area contributed by atoms with Crippen molar-refractivity contribution in [2.45, 2.75) is 44.3 Å². The molecule has 110 valence electrons. The second-order valence-electron chi connectivity index (χ2n) is 5.47. The van der Waals surface area contributed by atoms with E-state index in [0.717, 1.165) is 6.42 Å². The van der Waals surface area contributed by atoms with Crippen molar-refractivity contribution in [2.24, 2.45) is 11.8 Å². The van der Waals surface area contributed by atoms with E-state index < -0.39 is 0 Å². The Balaban J connectivity index is 1.82. The maximum atomic E-state index is 12.0. The molecular formula is C14H21N3O2S. The van der Waals surface area contributed by atoms with Gasteiger partial charge in [0.05, 0.1) is 5.75 Å². The Bertz CT molecular complexity index is 517. The number of nitrogens with one attached hydrogen (secondary N) is 2. The number of H-pyrrole nitrogens is 1. The number of aromatic nitrogens is 2. The molecule has 0 bridgehead atoms. The molecule has 1 amide bonds. The molecule has 0 spiro atoms. The predicted octanol–water partition coefficient (Wildman–Crippen LogP) is 1.80. The molecule has 0 saturated heterocycles. The van der Waals surface area contributed by atoms with E-state index in [9.17, 15) is 9.59 Å². The highest BCUT2D eigenvalue weighted by Gasteiger charge is 2.27. The van der Waals surface area contributed by atoms with Crippen LogP contribution in [0.4, 0.5) is 0 Å². The van der Waals surface area contributed by atoms with Crippen molar-refractivity contribution in [3.8, 4) is 0 Å². The number of carbonyl (C=O) groups excluding carboxylic acids is 1. The van der Waals surface area contributed by atoms with E-state index in [4.69, 9.17) is 0 Å². The quantitative estimate of drug-likeness (QED) is 0.656. The van der Waals surface area contributed by atoms with Gasteiger partial charge in [0.25, 0.3) is 5.56 Å². The molecule has 1 aromatic heterocycles. The van der Waals surface area contributed by atoms with Crippen molar-refractivity contribution < 1.29 is 4.79 Å². The van der Waals surface area contributed by atoms with Gasteiger partial charge in [-0.05, 0) is 18.3 Å². The van der Waals surface area contributed by atoms with Crippen molar-refractivity contribution in [3.05, 3.63) is 22.6 Å². The minimum absolute atomic E-state index is 0.00690. The summed E-state index contributed by atoms with van der Waals surface area (Å²) in [5.41, 5.74) is -0.197. The van der Waals surface area contributed by atoms with Crippen LogP contribution in [0.15, 0.2) is 22.2 Å². The van der Waals surface area contributed by atoms with Crippen molar-refractivity contribution in [3.63, 3.8) is 0 Å². The average Bonchev–Trinajstić information content (AvgIpc) is 2.42. The highest BCUT2D eigenvalue weighted by Crippen LogP contribution is 2.29.